The molecule has 0 fully saturated rings. The fourth-order valence-corrected chi connectivity index (χ4v) is 0.475. The molecular formula is C6H4N3. The summed E-state index contributed by atoms with van der Waals surface area (Å²) in [5.74, 6) is 0. The Kier molecular flexibility index (Phi) is 1.41. The molecule has 9 heavy (non-hydrogen) atoms. The van der Waals surface area contributed by atoms with Gasteiger partial charge in [-0.25, -0.2) is 9.97 Å². The number of hydrogen-bond acceptors (Lipinski definition) is 3. The zero-order valence-electron chi connectivity index (χ0n) is 4.92. The Bertz CT molecular complexity index is 249. The summed E-state index contributed by atoms with van der Waals surface area (Å²) in [6.07, 6.45) is 3.98. The van der Waals surface area contributed by atoms with Crippen LogP contribution in [0.25, 0.3) is 0 Å². The molecule has 3 heteroatoms. The number of nitriles is 1. The lowest BCUT2D eigenvalue weighted by Gasteiger charge is -1.86. The molecule has 0 N–H and O–H groups in total. The molecule has 1 aromatic rings. The van der Waals surface area contributed by atoms with E-state index in [4.69, 9.17) is 5.26 Å². The molecule has 0 atom stereocenters. The van der Waals surface area contributed by atoms with Crippen molar-refractivity contribution in [1.29, 1.82) is 5.26 Å². The van der Waals surface area contributed by atoms with Crippen molar-refractivity contribution in [3.63, 3.8) is 0 Å². The summed E-state index contributed by atoms with van der Waals surface area (Å²) in [5, 5.41) is 8.30. The molecule has 0 aromatic carbocycles. The van der Waals surface area contributed by atoms with Gasteiger partial charge in [0.1, 0.15) is 12.3 Å². The third-order valence-electron chi connectivity index (χ3n) is 0.816. The molecular weight excluding hydrogens is 114 g/mol. The van der Waals surface area contributed by atoms with E-state index in [1.54, 1.807) is 6.92 Å². The van der Waals surface area contributed by atoms with Gasteiger partial charge in [-0.1, -0.05) is 0 Å². The van der Waals surface area contributed by atoms with Crippen LogP contribution in [-0.4, -0.2) is 9.97 Å². The first-order valence-electron chi connectivity index (χ1n) is 2.44. The van der Waals surface area contributed by atoms with Crippen molar-refractivity contribution >= 4 is 0 Å². The van der Waals surface area contributed by atoms with Crippen molar-refractivity contribution < 1.29 is 0 Å². The van der Waals surface area contributed by atoms with Crippen LogP contribution >= 0.6 is 0 Å². The van der Waals surface area contributed by atoms with Crippen LogP contribution in [0.1, 0.15) is 11.4 Å². The van der Waals surface area contributed by atoms with Crippen LogP contribution in [0.4, 0.5) is 0 Å². The fourth-order valence-electron chi connectivity index (χ4n) is 0.475. The van der Waals surface area contributed by atoms with Gasteiger partial charge in [0, 0.05) is 0 Å². The molecule has 1 heterocycles. The van der Waals surface area contributed by atoms with Crippen molar-refractivity contribution in [3.05, 3.63) is 23.8 Å². The van der Waals surface area contributed by atoms with Gasteiger partial charge in [0.2, 0.25) is 0 Å². The predicted molar refractivity (Wildman–Crippen MR) is 30.3 cm³/mol. The summed E-state index contributed by atoms with van der Waals surface area (Å²) < 4.78 is 0. The molecule has 0 aliphatic carbocycles. The molecule has 3 nitrogen and oxygen atoms in total. The van der Waals surface area contributed by atoms with E-state index in [-0.39, 0.29) is 0 Å². The molecule has 0 bridgehead atoms. The van der Waals surface area contributed by atoms with Gasteiger partial charge in [-0.15, -0.1) is 0 Å². The van der Waals surface area contributed by atoms with Crippen LogP contribution < -0.4 is 0 Å². The van der Waals surface area contributed by atoms with E-state index in [9.17, 15) is 0 Å². The average molecular weight is 118 g/mol. The number of hydrogen-bond donors (Lipinski definition) is 0. The number of aromatic nitrogens is 2. The lowest BCUT2D eigenvalue weighted by atomic mass is 10.4. The van der Waals surface area contributed by atoms with Crippen LogP contribution in [0.2, 0.25) is 0 Å². The maximum absolute atomic E-state index is 8.30. The highest BCUT2D eigenvalue weighted by molar-refractivity contribution is 5.15. The van der Waals surface area contributed by atoms with Gasteiger partial charge in [0.05, 0.1) is 11.9 Å². The lowest BCUT2D eigenvalue weighted by molar-refractivity contribution is 1.08. The van der Waals surface area contributed by atoms with Crippen LogP contribution in [-0.2, 0) is 0 Å². The molecule has 1 rings (SSSR count). The van der Waals surface area contributed by atoms with Gasteiger partial charge in [0.15, 0.2) is 5.69 Å². The third-order valence-corrected chi connectivity index (χ3v) is 0.816. The highest BCUT2D eigenvalue weighted by Crippen LogP contribution is 1.89. The third kappa shape index (κ3) is 1.23. The van der Waals surface area contributed by atoms with Crippen molar-refractivity contribution in [3.8, 4) is 6.07 Å². The zero-order chi connectivity index (χ0) is 6.69. The maximum Gasteiger partial charge on any atom is 0.159 e. The number of nitrogens with zero attached hydrogens (tertiary/aromatic N) is 3. The fraction of sp³-hybridized carbons (Fsp3) is 0.167. The Morgan fingerprint density at radius 2 is 2.56 bits per heavy atom. The summed E-state index contributed by atoms with van der Waals surface area (Å²) in [6, 6.07) is 1.87. The summed E-state index contributed by atoms with van der Waals surface area (Å²) >= 11 is 0. The summed E-state index contributed by atoms with van der Waals surface area (Å²) in [7, 11) is 0. The van der Waals surface area contributed by atoms with Crippen LogP contribution in [0.15, 0.2) is 6.20 Å². The van der Waals surface area contributed by atoms with Gasteiger partial charge in [-0.3, -0.25) is 0 Å². The largest absolute Gasteiger partial charge is 0.250 e. The minimum atomic E-state index is 0.339. The van der Waals surface area contributed by atoms with Gasteiger partial charge < -0.3 is 0 Å². The van der Waals surface area contributed by atoms with Gasteiger partial charge in [0.25, 0.3) is 0 Å². The topological polar surface area (TPSA) is 49.6 Å². The van der Waals surface area contributed by atoms with E-state index >= 15 is 0 Å². The normalized spacial score (nSPS) is 8.44. The van der Waals surface area contributed by atoms with E-state index < -0.39 is 0 Å². The van der Waals surface area contributed by atoms with Crippen molar-refractivity contribution in [2.75, 3.05) is 0 Å². The molecule has 43 valence electrons. The minimum absolute atomic E-state index is 0.339. The van der Waals surface area contributed by atoms with E-state index in [1.165, 1.54) is 6.20 Å². The van der Waals surface area contributed by atoms with Gasteiger partial charge in [-0.05, 0) is 6.92 Å². The monoisotopic (exact) mass is 118 g/mol. The van der Waals surface area contributed by atoms with Gasteiger partial charge >= 0.3 is 0 Å². The van der Waals surface area contributed by atoms with Crippen molar-refractivity contribution in [2.45, 2.75) is 6.92 Å². The first kappa shape index (κ1) is 5.70. The number of rotatable bonds is 0. The van der Waals surface area contributed by atoms with E-state index in [1.807, 2.05) is 6.07 Å². The molecule has 0 saturated heterocycles. The molecule has 0 aliphatic rings. The summed E-state index contributed by atoms with van der Waals surface area (Å²) in [6.45, 7) is 1.74. The van der Waals surface area contributed by atoms with E-state index in [0.717, 1.165) is 0 Å². The maximum atomic E-state index is 8.30. The molecule has 0 unspecified atom stereocenters. The molecule has 1 aromatic heterocycles. The van der Waals surface area contributed by atoms with E-state index in [0.29, 0.717) is 11.4 Å². The Morgan fingerprint density at radius 3 is 3.00 bits per heavy atom. The lowest BCUT2D eigenvalue weighted by Crippen LogP contribution is -1.87. The SMILES string of the molecule is Cc1[c]ncc(C#N)n1. The molecule has 0 spiro atoms. The zero-order valence-corrected chi connectivity index (χ0v) is 4.92. The van der Waals surface area contributed by atoms with Crippen LogP contribution in [0.3, 0.4) is 0 Å². The Labute approximate surface area is 53.0 Å². The molecule has 0 amide bonds. The standard InChI is InChI=1S/C6H4N3/c1-5-3-8-4-6(2-7)9-5/h4H,1H3. The number of aryl methyl sites for hydroxylation is 1. The molecule has 1 radical (unpaired) electrons. The van der Waals surface area contributed by atoms with E-state index in [2.05, 4.69) is 16.2 Å². The van der Waals surface area contributed by atoms with Crippen molar-refractivity contribution in [1.82, 2.24) is 9.97 Å². The minimum Gasteiger partial charge on any atom is -0.250 e. The summed E-state index contributed by atoms with van der Waals surface area (Å²) in [4.78, 5) is 7.46. The predicted octanol–water partition coefficient (Wildman–Crippen LogP) is 0.457. The highest BCUT2D eigenvalue weighted by Gasteiger charge is 1.89. The second kappa shape index (κ2) is 2.23. The molecule has 0 aliphatic heterocycles. The quantitative estimate of drug-likeness (QED) is 0.497. The average Bonchev–Trinajstić information content (AvgIpc) is 1.88. The second-order valence-corrected chi connectivity index (χ2v) is 1.56. The first-order chi connectivity index (χ1) is 4.33. The second-order valence-electron chi connectivity index (χ2n) is 1.56. The Morgan fingerprint density at radius 1 is 1.78 bits per heavy atom. The Hall–Kier alpha value is -1.43. The first-order valence-corrected chi connectivity index (χ1v) is 2.44. The van der Waals surface area contributed by atoms with Crippen molar-refractivity contribution in [2.24, 2.45) is 0 Å². The molecule has 0 saturated carbocycles. The highest BCUT2D eigenvalue weighted by atomic mass is 14.8. The Balaban J connectivity index is 3.12. The van der Waals surface area contributed by atoms with Crippen LogP contribution in [0.5, 0.6) is 0 Å². The van der Waals surface area contributed by atoms with Crippen LogP contribution in [0, 0.1) is 24.5 Å². The smallest absolute Gasteiger partial charge is 0.159 e. The summed E-state index contributed by atoms with van der Waals surface area (Å²) in [5.41, 5.74) is 0.986. The van der Waals surface area contributed by atoms with Gasteiger partial charge in [-0.2, -0.15) is 5.26 Å².